The minimum atomic E-state index is -0.196. The zero-order chi connectivity index (χ0) is 19.8. The number of rotatable bonds is 8. The fraction of sp³-hybridized carbons (Fsp3) is 0.250. The maximum Gasteiger partial charge on any atom is 0.149 e. The molecule has 2 aromatic rings. The van der Waals surface area contributed by atoms with E-state index in [1.54, 1.807) is 19.2 Å². The minimum absolute atomic E-state index is 0.135. The van der Waals surface area contributed by atoms with E-state index in [2.05, 4.69) is 5.16 Å². The zero-order valence-electron chi connectivity index (χ0n) is 15.2. The summed E-state index contributed by atoms with van der Waals surface area (Å²) in [5, 5.41) is 4.64. The third-order valence-corrected chi connectivity index (χ3v) is 4.30. The molecule has 0 aliphatic rings. The molecular formula is C20H20Cl3NO3. The highest BCUT2D eigenvalue weighted by molar-refractivity contribution is 6.55. The Hall–Kier alpha value is -1.88. The fourth-order valence-corrected chi connectivity index (χ4v) is 2.73. The molecule has 2 aromatic carbocycles. The average Bonchev–Trinajstić information content (AvgIpc) is 2.65. The standard InChI is InChI=1S/C20H20Cl3NO3/c1-13(24-27-14(2)15-7-5-4-6-8-15)17-11-16(26-10-9-19(22)23)12-18(21)20(17)25-3/h4-9,11-12,14H,10H2,1-3H3/b24-13+. The van der Waals surface area contributed by atoms with Gasteiger partial charge >= 0.3 is 0 Å². The van der Waals surface area contributed by atoms with Crippen molar-refractivity contribution in [2.45, 2.75) is 20.0 Å². The summed E-state index contributed by atoms with van der Waals surface area (Å²) in [4.78, 5) is 5.64. The first-order valence-electron chi connectivity index (χ1n) is 8.19. The van der Waals surface area contributed by atoms with Gasteiger partial charge in [0.05, 0.1) is 17.8 Å². The molecule has 4 nitrogen and oxygen atoms in total. The van der Waals surface area contributed by atoms with Gasteiger partial charge < -0.3 is 14.3 Å². The highest BCUT2D eigenvalue weighted by atomic mass is 35.5. The van der Waals surface area contributed by atoms with E-state index in [1.165, 1.54) is 6.08 Å². The van der Waals surface area contributed by atoms with E-state index >= 15 is 0 Å². The van der Waals surface area contributed by atoms with Crippen molar-refractivity contribution >= 4 is 40.5 Å². The Bertz CT molecular complexity index is 819. The molecule has 0 amide bonds. The highest BCUT2D eigenvalue weighted by Crippen LogP contribution is 2.34. The number of oxime groups is 1. The van der Waals surface area contributed by atoms with Crippen LogP contribution in [0.25, 0.3) is 0 Å². The number of benzene rings is 2. The van der Waals surface area contributed by atoms with Crippen LogP contribution < -0.4 is 9.47 Å². The number of methoxy groups -OCH3 is 1. The molecule has 144 valence electrons. The summed E-state index contributed by atoms with van der Waals surface area (Å²) in [7, 11) is 1.54. The third kappa shape index (κ3) is 6.35. The van der Waals surface area contributed by atoms with E-state index in [-0.39, 0.29) is 17.2 Å². The van der Waals surface area contributed by atoms with Crippen molar-refractivity contribution in [1.29, 1.82) is 0 Å². The van der Waals surface area contributed by atoms with Gasteiger partial charge in [0, 0.05) is 11.6 Å². The van der Waals surface area contributed by atoms with Crippen molar-refractivity contribution in [3.63, 3.8) is 0 Å². The molecule has 0 aromatic heterocycles. The number of ether oxygens (including phenoxy) is 2. The number of hydrogen-bond acceptors (Lipinski definition) is 4. The lowest BCUT2D eigenvalue weighted by Gasteiger charge is -2.14. The van der Waals surface area contributed by atoms with E-state index < -0.39 is 0 Å². The van der Waals surface area contributed by atoms with Gasteiger partial charge in [-0.25, -0.2) is 0 Å². The van der Waals surface area contributed by atoms with Gasteiger partial charge in [0.1, 0.15) is 28.7 Å². The minimum Gasteiger partial charge on any atom is -0.494 e. The van der Waals surface area contributed by atoms with Gasteiger partial charge in [0.25, 0.3) is 0 Å². The van der Waals surface area contributed by atoms with Crippen LogP contribution in [0.4, 0.5) is 0 Å². The number of halogens is 3. The van der Waals surface area contributed by atoms with Crippen molar-refractivity contribution in [1.82, 2.24) is 0 Å². The quantitative estimate of drug-likeness (QED) is 0.353. The molecule has 0 bridgehead atoms. The Balaban J connectivity index is 2.23. The average molecular weight is 429 g/mol. The van der Waals surface area contributed by atoms with Crippen molar-refractivity contribution < 1.29 is 14.3 Å². The largest absolute Gasteiger partial charge is 0.494 e. The van der Waals surface area contributed by atoms with E-state index in [9.17, 15) is 0 Å². The summed E-state index contributed by atoms with van der Waals surface area (Å²) in [6.07, 6.45) is 1.34. The predicted molar refractivity (Wildman–Crippen MR) is 111 cm³/mol. The number of hydrogen-bond donors (Lipinski definition) is 0. The molecule has 2 rings (SSSR count). The maximum atomic E-state index is 6.31. The Morgan fingerprint density at radius 2 is 1.89 bits per heavy atom. The molecule has 1 atom stereocenters. The lowest BCUT2D eigenvalue weighted by atomic mass is 10.1. The molecule has 0 aliphatic carbocycles. The zero-order valence-corrected chi connectivity index (χ0v) is 17.5. The topological polar surface area (TPSA) is 40.0 Å². The molecule has 0 spiro atoms. The Morgan fingerprint density at radius 3 is 2.52 bits per heavy atom. The smallest absolute Gasteiger partial charge is 0.149 e. The second-order valence-electron chi connectivity index (χ2n) is 5.63. The molecule has 0 aliphatic heterocycles. The third-order valence-electron chi connectivity index (χ3n) is 3.72. The molecule has 0 radical (unpaired) electrons. The molecule has 0 N–H and O–H groups in total. The van der Waals surface area contributed by atoms with Gasteiger partial charge in [-0.2, -0.15) is 0 Å². The molecule has 0 fully saturated rings. The molecule has 1 unspecified atom stereocenters. The summed E-state index contributed by atoms with van der Waals surface area (Å²) in [6.45, 7) is 3.95. The van der Waals surface area contributed by atoms with Gasteiger partial charge in [-0.3, -0.25) is 0 Å². The van der Waals surface area contributed by atoms with Crippen LogP contribution in [-0.4, -0.2) is 19.4 Å². The number of nitrogens with zero attached hydrogens (tertiary/aromatic N) is 1. The van der Waals surface area contributed by atoms with Gasteiger partial charge in [-0.05, 0) is 31.6 Å². The fourth-order valence-electron chi connectivity index (χ4n) is 2.32. The summed E-state index contributed by atoms with van der Waals surface area (Å²) >= 11 is 17.5. The van der Waals surface area contributed by atoms with Crippen molar-refractivity contribution in [2.24, 2.45) is 5.16 Å². The Kier molecular flexibility index (Phi) is 8.29. The van der Waals surface area contributed by atoms with Crippen molar-refractivity contribution in [2.75, 3.05) is 13.7 Å². The van der Waals surface area contributed by atoms with E-state index in [4.69, 9.17) is 49.1 Å². The van der Waals surface area contributed by atoms with Crippen molar-refractivity contribution in [3.8, 4) is 11.5 Å². The SMILES string of the molecule is COc1c(Cl)cc(OCC=C(Cl)Cl)cc1/C(C)=N/OC(C)c1ccccc1. The van der Waals surface area contributed by atoms with Gasteiger partial charge in [0.2, 0.25) is 0 Å². The summed E-state index contributed by atoms with van der Waals surface area (Å²) in [5.74, 6) is 1.03. The summed E-state index contributed by atoms with van der Waals surface area (Å²) < 4.78 is 11.1. The first-order chi connectivity index (χ1) is 12.9. The van der Waals surface area contributed by atoms with E-state index in [0.29, 0.717) is 27.8 Å². The maximum absolute atomic E-state index is 6.31. The van der Waals surface area contributed by atoms with Crippen LogP contribution in [0.5, 0.6) is 11.5 Å². The molecule has 0 saturated heterocycles. The second kappa shape index (κ2) is 10.5. The van der Waals surface area contributed by atoms with Gasteiger partial charge in [-0.15, -0.1) is 0 Å². The van der Waals surface area contributed by atoms with E-state index in [1.807, 2.05) is 44.2 Å². The van der Waals surface area contributed by atoms with Gasteiger partial charge in [0.15, 0.2) is 0 Å². The molecule has 0 saturated carbocycles. The second-order valence-corrected chi connectivity index (χ2v) is 7.04. The lowest BCUT2D eigenvalue weighted by molar-refractivity contribution is 0.0723. The van der Waals surface area contributed by atoms with Crippen LogP contribution >= 0.6 is 34.8 Å². The molecule has 7 heteroatoms. The van der Waals surface area contributed by atoms with Crippen LogP contribution in [0.3, 0.4) is 0 Å². The van der Waals surface area contributed by atoms with Crippen LogP contribution in [0.1, 0.15) is 31.1 Å². The Morgan fingerprint density at radius 1 is 1.19 bits per heavy atom. The predicted octanol–water partition coefficient (Wildman–Crippen LogP) is 6.55. The van der Waals surface area contributed by atoms with Crippen LogP contribution in [-0.2, 0) is 4.84 Å². The van der Waals surface area contributed by atoms with Crippen LogP contribution in [0.2, 0.25) is 5.02 Å². The van der Waals surface area contributed by atoms with Crippen molar-refractivity contribution in [3.05, 3.63) is 69.2 Å². The lowest BCUT2D eigenvalue weighted by Crippen LogP contribution is -2.04. The summed E-state index contributed by atoms with van der Waals surface area (Å²) in [5.41, 5.74) is 2.30. The normalized spacial score (nSPS) is 12.3. The first-order valence-corrected chi connectivity index (χ1v) is 9.33. The van der Waals surface area contributed by atoms with Crippen LogP contribution in [0.15, 0.2) is 58.2 Å². The van der Waals surface area contributed by atoms with E-state index in [0.717, 1.165) is 5.56 Å². The summed E-state index contributed by atoms with van der Waals surface area (Å²) in [6, 6.07) is 13.3. The molecule has 27 heavy (non-hydrogen) atoms. The monoisotopic (exact) mass is 427 g/mol. The van der Waals surface area contributed by atoms with Crippen LogP contribution in [0, 0.1) is 0 Å². The highest BCUT2D eigenvalue weighted by Gasteiger charge is 2.15. The Labute approximate surface area is 174 Å². The molecule has 0 heterocycles. The van der Waals surface area contributed by atoms with Gasteiger partial charge in [-0.1, -0.05) is 70.3 Å². The first kappa shape index (κ1) is 21.4. The molecular weight excluding hydrogens is 409 g/mol.